The molecule has 0 bridgehead atoms. The third-order valence-corrected chi connectivity index (χ3v) is 7.40. The van der Waals surface area contributed by atoms with Crippen LogP contribution in [-0.4, -0.2) is 37.8 Å². The van der Waals surface area contributed by atoms with Crippen LogP contribution in [0.2, 0.25) is 0 Å². The number of anilines is 1. The quantitative estimate of drug-likeness (QED) is 0.402. The molecule has 1 unspecified atom stereocenters. The van der Waals surface area contributed by atoms with Crippen molar-refractivity contribution in [3.8, 4) is 5.75 Å². The van der Waals surface area contributed by atoms with Gasteiger partial charge in [-0.15, -0.1) is 0 Å². The fourth-order valence-corrected chi connectivity index (χ4v) is 6.00. The first kappa shape index (κ1) is 25.9. The first-order valence-corrected chi connectivity index (χ1v) is 13.3. The Kier molecular flexibility index (Phi) is 7.80. The van der Waals surface area contributed by atoms with Crippen LogP contribution < -0.4 is 24.5 Å². The van der Waals surface area contributed by atoms with Gasteiger partial charge in [0.25, 0.3) is 5.56 Å². The monoisotopic (exact) mass is 569 g/mol. The Morgan fingerprint density at radius 2 is 1.94 bits per heavy atom. The zero-order valence-corrected chi connectivity index (χ0v) is 23.3. The van der Waals surface area contributed by atoms with Crippen molar-refractivity contribution in [1.29, 1.82) is 0 Å². The molecular weight excluding hydrogens is 542 g/mol. The topological polar surface area (TPSA) is 73.1 Å². The summed E-state index contributed by atoms with van der Waals surface area (Å²) in [6.07, 6.45) is 1.85. The molecule has 0 aliphatic carbocycles. The molecule has 1 aromatic heterocycles. The molecule has 2 aromatic carbocycles. The van der Waals surface area contributed by atoms with Crippen LogP contribution >= 0.6 is 27.3 Å². The van der Waals surface area contributed by atoms with Crippen LogP contribution in [0, 0.1) is 0 Å². The fraction of sp³-hybridized carbons (Fsp3) is 0.296. The summed E-state index contributed by atoms with van der Waals surface area (Å²) in [6.45, 7) is 6.10. The van der Waals surface area contributed by atoms with E-state index in [-0.39, 0.29) is 12.2 Å². The van der Waals surface area contributed by atoms with E-state index in [0.717, 1.165) is 15.7 Å². The summed E-state index contributed by atoms with van der Waals surface area (Å²) in [5, 5.41) is 0. The van der Waals surface area contributed by atoms with E-state index in [1.54, 1.807) is 18.4 Å². The number of carbonyl (C=O) groups excluding carboxylic acids is 1. The number of aromatic nitrogens is 1. The molecule has 1 aliphatic heterocycles. The maximum atomic E-state index is 13.8. The molecule has 1 atom stereocenters. The summed E-state index contributed by atoms with van der Waals surface area (Å²) >= 11 is 4.91. The van der Waals surface area contributed by atoms with Gasteiger partial charge in [0.05, 0.1) is 34.7 Å². The standard InChI is InChI=1S/C27H28BrN3O4S/c1-6-34-21-11-9-8-10-18(21)24-23(26(33)35-7-2)16(3)29-27-31(24)25(32)22(36-27)15-17-12-13-20(30(4)5)19(28)14-17/h8-15,24H,6-7H2,1-5H3/b22-15-. The van der Waals surface area contributed by atoms with Gasteiger partial charge in [-0.3, -0.25) is 9.36 Å². The molecule has 4 rings (SSSR count). The Labute approximate surface area is 222 Å². The normalized spacial score (nSPS) is 15.4. The highest BCUT2D eigenvalue weighted by Gasteiger charge is 2.35. The van der Waals surface area contributed by atoms with E-state index in [1.807, 2.05) is 74.5 Å². The summed E-state index contributed by atoms with van der Waals surface area (Å²) in [6, 6.07) is 12.7. The van der Waals surface area contributed by atoms with Crippen LogP contribution in [0.25, 0.3) is 6.08 Å². The minimum absolute atomic E-state index is 0.220. The van der Waals surface area contributed by atoms with Crippen LogP contribution in [0.1, 0.15) is 37.9 Å². The number of benzene rings is 2. The Balaban J connectivity index is 1.95. The molecule has 0 radical (unpaired) electrons. The van der Waals surface area contributed by atoms with E-state index in [1.165, 1.54) is 11.3 Å². The molecule has 7 nitrogen and oxygen atoms in total. The predicted molar refractivity (Wildman–Crippen MR) is 146 cm³/mol. The number of carbonyl (C=O) groups is 1. The first-order valence-electron chi connectivity index (χ1n) is 11.6. The van der Waals surface area contributed by atoms with E-state index >= 15 is 0 Å². The summed E-state index contributed by atoms with van der Waals surface area (Å²) < 4.78 is 14.3. The highest BCUT2D eigenvalue weighted by Crippen LogP contribution is 2.35. The summed E-state index contributed by atoms with van der Waals surface area (Å²) in [7, 11) is 3.95. The first-order chi connectivity index (χ1) is 17.3. The number of ether oxygens (including phenoxy) is 2. The lowest BCUT2D eigenvalue weighted by molar-refractivity contribution is -0.139. The molecule has 3 aromatic rings. The Morgan fingerprint density at radius 3 is 2.61 bits per heavy atom. The van der Waals surface area contributed by atoms with Crippen molar-refractivity contribution in [1.82, 2.24) is 4.57 Å². The third-order valence-electron chi connectivity index (χ3n) is 5.78. The molecule has 2 heterocycles. The van der Waals surface area contributed by atoms with Crippen molar-refractivity contribution in [2.45, 2.75) is 26.8 Å². The van der Waals surface area contributed by atoms with Gasteiger partial charge in [0, 0.05) is 24.1 Å². The van der Waals surface area contributed by atoms with Crippen molar-refractivity contribution in [3.63, 3.8) is 0 Å². The van der Waals surface area contributed by atoms with E-state index in [2.05, 4.69) is 20.9 Å². The van der Waals surface area contributed by atoms with Gasteiger partial charge in [0.1, 0.15) is 11.8 Å². The minimum Gasteiger partial charge on any atom is -0.494 e. The number of para-hydroxylation sites is 1. The lowest BCUT2D eigenvalue weighted by Gasteiger charge is -2.26. The molecule has 9 heteroatoms. The summed E-state index contributed by atoms with van der Waals surface area (Å²) in [5.74, 6) is 0.117. The number of halogens is 1. The Hall–Kier alpha value is -3.17. The van der Waals surface area contributed by atoms with Crippen LogP contribution in [0.4, 0.5) is 5.69 Å². The zero-order chi connectivity index (χ0) is 26.0. The number of hydrogen-bond acceptors (Lipinski definition) is 7. The van der Waals surface area contributed by atoms with Crippen molar-refractivity contribution in [2.24, 2.45) is 4.99 Å². The molecule has 0 amide bonds. The van der Waals surface area contributed by atoms with Gasteiger partial charge < -0.3 is 14.4 Å². The number of rotatable bonds is 7. The second-order valence-electron chi connectivity index (χ2n) is 8.38. The Bertz CT molecular complexity index is 1520. The van der Waals surface area contributed by atoms with E-state index in [0.29, 0.717) is 38.5 Å². The van der Waals surface area contributed by atoms with Crippen molar-refractivity contribution < 1.29 is 14.3 Å². The van der Waals surface area contributed by atoms with Gasteiger partial charge >= 0.3 is 5.97 Å². The van der Waals surface area contributed by atoms with E-state index in [4.69, 9.17) is 9.47 Å². The average Bonchev–Trinajstić information content (AvgIpc) is 3.13. The molecule has 36 heavy (non-hydrogen) atoms. The maximum absolute atomic E-state index is 13.8. The van der Waals surface area contributed by atoms with Crippen LogP contribution in [0.15, 0.2) is 68.0 Å². The molecular formula is C27H28BrN3O4S. The van der Waals surface area contributed by atoms with Crippen molar-refractivity contribution in [3.05, 3.63) is 89.0 Å². The van der Waals surface area contributed by atoms with E-state index in [9.17, 15) is 9.59 Å². The van der Waals surface area contributed by atoms with Crippen molar-refractivity contribution in [2.75, 3.05) is 32.2 Å². The lowest BCUT2D eigenvalue weighted by atomic mass is 9.95. The predicted octanol–water partition coefficient (Wildman–Crippen LogP) is 4.03. The van der Waals surface area contributed by atoms with Gasteiger partial charge in [-0.05, 0) is 66.5 Å². The second-order valence-corrected chi connectivity index (χ2v) is 10.2. The van der Waals surface area contributed by atoms with Gasteiger partial charge in [-0.2, -0.15) is 0 Å². The van der Waals surface area contributed by atoms with Crippen LogP contribution in [0.5, 0.6) is 5.75 Å². The number of fused-ring (bicyclic) bond motifs is 1. The third kappa shape index (κ3) is 4.90. The number of esters is 1. The number of nitrogens with zero attached hydrogens (tertiary/aromatic N) is 3. The van der Waals surface area contributed by atoms with Gasteiger partial charge in [-0.1, -0.05) is 35.6 Å². The maximum Gasteiger partial charge on any atom is 0.338 e. The number of thiazole rings is 1. The zero-order valence-electron chi connectivity index (χ0n) is 20.9. The highest BCUT2D eigenvalue weighted by atomic mass is 79.9. The fourth-order valence-electron chi connectivity index (χ4n) is 4.21. The Morgan fingerprint density at radius 1 is 1.19 bits per heavy atom. The average molecular weight is 571 g/mol. The molecule has 0 fully saturated rings. The van der Waals surface area contributed by atoms with Crippen LogP contribution in [-0.2, 0) is 9.53 Å². The SMILES string of the molecule is CCOC(=O)C1=C(C)N=c2s/c(=C\c3ccc(N(C)C)c(Br)c3)c(=O)n2C1c1ccccc1OCC. The molecule has 0 saturated heterocycles. The second kappa shape index (κ2) is 10.8. The number of hydrogen-bond donors (Lipinski definition) is 0. The molecule has 0 spiro atoms. The van der Waals surface area contributed by atoms with E-state index < -0.39 is 12.0 Å². The lowest BCUT2D eigenvalue weighted by Crippen LogP contribution is -2.40. The number of allylic oxidation sites excluding steroid dienone is 1. The highest BCUT2D eigenvalue weighted by molar-refractivity contribution is 9.10. The molecule has 1 aliphatic rings. The van der Waals surface area contributed by atoms with Gasteiger partial charge in [0.15, 0.2) is 4.80 Å². The minimum atomic E-state index is -0.715. The molecule has 0 N–H and O–H groups in total. The van der Waals surface area contributed by atoms with Gasteiger partial charge in [0.2, 0.25) is 0 Å². The molecule has 0 saturated carbocycles. The summed E-state index contributed by atoms with van der Waals surface area (Å²) in [5.41, 5.74) is 3.26. The smallest absolute Gasteiger partial charge is 0.338 e. The van der Waals surface area contributed by atoms with Crippen LogP contribution in [0.3, 0.4) is 0 Å². The molecule has 188 valence electrons. The van der Waals surface area contributed by atoms with Crippen molar-refractivity contribution >= 4 is 45.0 Å². The summed E-state index contributed by atoms with van der Waals surface area (Å²) in [4.78, 5) is 34.1. The van der Waals surface area contributed by atoms with Gasteiger partial charge in [-0.25, -0.2) is 9.79 Å². The largest absolute Gasteiger partial charge is 0.494 e.